The fourth-order valence-electron chi connectivity index (χ4n) is 4.25. The van der Waals surface area contributed by atoms with Crippen molar-refractivity contribution in [3.63, 3.8) is 0 Å². The molecule has 4 rings (SSSR count). The normalized spacial score (nSPS) is 20.6. The summed E-state index contributed by atoms with van der Waals surface area (Å²) in [6, 6.07) is 11.0. The highest BCUT2D eigenvalue weighted by molar-refractivity contribution is 7.89. The third-order valence-corrected chi connectivity index (χ3v) is 7.58. The Balaban J connectivity index is 1.46. The second kappa shape index (κ2) is 7.85. The highest BCUT2D eigenvalue weighted by atomic mass is 32.2. The van der Waals surface area contributed by atoms with E-state index in [4.69, 9.17) is 0 Å². The van der Waals surface area contributed by atoms with Crippen molar-refractivity contribution in [1.29, 1.82) is 0 Å². The maximum absolute atomic E-state index is 13.2. The molecule has 0 N–H and O–H groups in total. The van der Waals surface area contributed by atoms with Gasteiger partial charge in [0, 0.05) is 57.6 Å². The van der Waals surface area contributed by atoms with Gasteiger partial charge in [-0.1, -0.05) is 6.07 Å². The minimum absolute atomic E-state index is 0.0177. The third-order valence-electron chi connectivity index (χ3n) is 5.69. The zero-order chi connectivity index (χ0) is 20.6. The van der Waals surface area contributed by atoms with Crippen molar-refractivity contribution in [2.24, 2.45) is 0 Å². The first-order chi connectivity index (χ1) is 13.9. The van der Waals surface area contributed by atoms with Crippen molar-refractivity contribution in [3.8, 4) is 0 Å². The fraction of sp³-hybridized carbons (Fsp3) is 0.429. The molecule has 0 spiro atoms. The molecule has 2 aliphatic heterocycles. The maximum atomic E-state index is 13.2. The highest BCUT2D eigenvalue weighted by Gasteiger charge is 2.33. The molecule has 1 amide bonds. The van der Waals surface area contributed by atoms with Gasteiger partial charge in [0.05, 0.1) is 10.6 Å². The summed E-state index contributed by atoms with van der Waals surface area (Å²) in [7, 11) is -3.55. The van der Waals surface area contributed by atoms with Crippen LogP contribution in [0.5, 0.6) is 0 Å². The molecule has 2 aromatic rings. The van der Waals surface area contributed by atoms with Crippen LogP contribution in [0, 0.1) is 0 Å². The molecular weight excluding hydrogens is 388 g/mol. The molecule has 1 fully saturated rings. The number of carbonyl (C=O) groups is 1. The lowest BCUT2D eigenvalue weighted by Crippen LogP contribution is -2.48. The summed E-state index contributed by atoms with van der Waals surface area (Å²) in [6.07, 6.45) is 2.45. The molecule has 1 saturated heterocycles. The van der Waals surface area contributed by atoms with E-state index >= 15 is 0 Å². The zero-order valence-corrected chi connectivity index (χ0v) is 17.6. The predicted octanol–water partition coefficient (Wildman–Crippen LogP) is 1.89. The monoisotopic (exact) mass is 414 g/mol. The van der Waals surface area contributed by atoms with Gasteiger partial charge < -0.3 is 4.90 Å². The SMILES string of the molecule is CC(=O)N1c2ccc(S(=O)(=O)N3CCN(Cc4ccccn4)CC3)cc2CC1C. The van der Waals surface area contributed by atoms with Gasteiger partial charge in [0.1, 0.15) is 0 Å². The van der Waals surface area contributed by atoms with Gasteiger partial charge in [-0.25, -0.2) is 8.42 Å². The van der Waals surface area contributed by atoms with Crippen LogP contribution in [0.25, 0.3) is 0 Å². The van der Waals surface area contributed by atoms with Crippen LogP contribution in [-0.4, -0.2) is 60.7 Å². The molecule has 0 bridgehead atoms. The van der Waals surface area contributed by atoms with E-state index in [0.717, 1.165) is 23.5 Å². The first kappa shape index (κ1) is 20.0. The van der Waals surface area contributed by atoms with E-state index in [1.807, 2.05) is 25.1 Å². The smallest absolute Gasteiger partial charge is 0.243 e. The van der Waals surface area contributed by atoms with Gasteiger partial charge in [0.25, 0.3) is 0 Å². The molecule has 0 aliphatic carbocycles. The Morgan fingerprint density at radius 2 is 1.90 bits per heavy atom. The molecule has 1 aromatic carbocycles. The molecule has 8 heteroatoms. The highest BCUT2D eigenvalue weighted by Crippen LogP contribution is 2.34. The summed E-state index contributed by atoms with van der Waals surface area (Å²) in [5.41, 5.74) is 2.73. The number of rotatable bonds is 4. The van der Waals surface area contributed by atoms with Crippen molar-refractivity contribution in [3.05, 3.63) is 53.9 Å². The number of sulfonamides is 1. The summed E-state index contributed by atoms with van der Waals surface area (Å²) in [5, 5.41) is 0. The van der Waals surface area contributed by atoms with Crippen molar-refractivity contribution < 1.29 is 13.2 Å². The van der Waals surface area contributed by atoms with Gasteiger partial charge in [0.2, 0.25) is 15.9 Å². The largest absolute Gasteiger partial charge is 0.309 e. The molecule has 0 saturated carbocycles. The molecule has 154 valence electrons. The van der Waals surface area contributed by atoms with Crippen molar-refractivity contribution in [2.45, 2.75) is 37.8 Å². The van der Waals surface area contributed by atoms with E-state index in [0.29, 0.717) is 37.5 Å². The molecule has 1 unspecified atom stereocenters. The number of pyridine rings is 1. The van der Waals surface area contributed by atoms with Crippen molar-refractivity contribution in [2.75, 3.05) is 31.1 Å². The third kappa shape index (κ3) is 3.92. The number of piperazine rings is 1. The molecule has 29 heavy (non-hydrogen) atoms. The number of anilines is 1. The Morgan fingerprint density at radius 1 is 1.14 bits per heavy atom. The number of hydrogen-bond acceptors (Lipinski definition) is 5. The second-order valence-corrected chi connectivity index (χ2v) is 9.67. The van der Waals surface area contributed by atoms with Crippen LogP contribution >= 0.6 is 0 Å². The zero-order valence-electron chi connectivity index (χ0n) is 16.8. The topological polar surface area (TPSA) is 73.8 Å². The molecular formula is C21H26N4O3S. The van der Waals surface area contributed by atoms with E-state index < -0.39 is 10.0 Å². The lowest BCUT2D eigenvalue weighted by atomic mass is 10.1. The average Bonchev–Trinajstić information content (AvgIpc) is 3.04. The van der Waals surface area contributed by atoms with Crippen LogP contribution < -0.4 is 4.90 Å². The van der Waals surface area contributed by atoms with E-state index in [1.54, 1.807) is 40.5 Å². The summed E-state index contributed by atoms with van der Waals surface area (Å²) in [4.78, 5) is 20.5. The van der Waals surface area contributed by atoms with E-state index in [2.05, 4.69) is 9.88 Å². The average molecular weight is 415 g/mol. The van der Waals surface area contributed by atoms with Gasteiger partial charge in [-0.2, -0.15) is 4.31 Å². The fourth-order valence-corrected chi connectivity index (χ4v) is 5.72. The Labute approximate surface area is 172 Å². The van der Waals surface area contributed by atoms with Gasteiger partial charge in [-0.15, -0.1) is 0 Å². The van der Waals surface area contributed by atoms with Crippen LogP contribution in [0.3, 0.4) is 0 Å². The maximum Gasteiger partial charge on any atom is 0.243 e. The standard InChI is InChI=1S/C21H26N4O3S/c1-16-13-18-14-20(6-7-21(18)25(16)17(2)26)29(27,28)24-11-9-23(10-12-24)15-19-5-3-4-8-22-19/h3-8,14,16H,9-13,15H2,1-2H3. The van der Waals surface area contributed by atoms with E-state index in [1.165, 1.54) is 0 Å². The van der Waals surface area contributed by atoms with E-state index in [9.17, 15) is 13.2 Å². The molecule has 1 atom stereocenters. The van der Waals surface area contributed by atoms with Crippen molar-refractivity contribution >= 4 is 21.6 Å². The Hall–Kier alpha value is -2.29. The molecule has 1 aromatic heterocycles. The lowest BCUT2D eigenvalue weighted by Gasteiger charge is -2.33. The Morgan fingerprint density at radius 3 is 2.55 bits per heavy atom. The minimum atomic E-state index is -3.55. The van der Waals surface area contributed by atoms with Crippen LogP contribution in [-0.2, 0) is 27.8 Å². The number of nitrogens with zero attached hydrogens (tertiary/aromatic N) is 4. The number of carbonyl (C=O) groups excluding carboxylic acids is 1. The van der Waals surface area contributed by atoms with Crippen LogP contribution in [0.15, 0.2) is 47.5 Å². The predicted molar refractivity (Wildman–Crippen MR) is 111 cm³/mol. The molecule has 7 nitrogen and oxygen atoms in total. The molecule has 3 heterocycles. The summed E-state index contributed by atoms with van der Waals surface area (Å²) in [6.45, 7) is 6.53. The summed E-state index contributed by atoms with van der Waals surface area (Å²) >= 11 is 0. The van der Waals surface area contributed by atoms with Crippen LogP contribution in [0.2, 0.25) is 0 Å². The van der Waals surface area contributed by atoms with Crippen LogP contribution in [0.4, 0.5) is 5.69 Å². The first-order valence-corrected chi connectivity index (χ1v) is 11.4. The quantitative estimate of drug-likeness (QED) is 0.764. The molecule has 0 radical (unpaired) electrons. The Kier molecular flexibility index (Phi) is 5.42. The first-order valence-electron chi connectivity index (χ1n) is 9.91. The minimum Gasteiger partial charge on any atom is -0.309 e. The number of fused-ring (bicyclic) bond motifs is 1. The number of benzene rings is 1. The van der Waals surface area contributed by atoms with E-state index in [-0.39, 0.29) is 11.9 Å². The Bertz CT molecular complexity index is 1000. The number of hydrogen-bond donors (Lipinski definition) is 0. The summed E-state index contributed by atoms with van der Waals surface area (Å²) in [5.74, 6) is -0.0177. The van der Waals surface area contributed by atoms with Crippen molar-refractivity contribution in [1.82, 2.24) is 14.2 Å². The van der Waals surface area contributed by atoms with Gasteiger partial charge in [-0.05, 0) is 49.2 Å². The van der Waals surface area contributed by atoms with Gasteiger partial charge in [-0.3, -0.25) is 14.7 Å². The lowest BCUT2D eigenvalue weighted by molar-refractivity contribution is -0.116. The van der Waals surface area contributed by atoms with Gasteiger partial charge >= 0.3 is 0 Å². The van der Waals surface area contributed by atoms with Crippen LogP contribution in [0.1, 0.15) is 25.1 Å². The summed E-state index contributed by atoms with van der Waals surface area (Å²) < 4.78 is 27.9. The molecule has 2 aliphatic rings. The second-order valence-electron chi connectivity index (χ2n) is 7.73. The number of amides is 1. The number of aromatic nitrogens is 1. The van der Waals surface area contributed by atoms with Gasteiger partial charge in [0.15, 0.2) is 0 Å².